The lowest BCUT2D eigenvalue weighted by atomic mass is 10.2. The Hall–Kier alpha value is -1.27. The lowest BCUT2D eigenvalue weighted by Gasteiger charge is -2.02. The molecular weight excluding hydrogens is 291 g/mol. The number of hydrogen-bond donors (Lipinski definition) is 1. The first-order valence-corrected chi connectivity index (χ1v) is 5.88. The summed E-state index contributed by atoms with van der Waals surface area (Å²) in [6.45, 7) is 0.509. The van der Waals surface area contributed by atoms with E-state index in [1.807, 2.05) is 0 Å². The summed E-state index contributed by atoms with van der Waals surface area (Å²) in [6, 6.07) is 2.76. The number of halogens is 2. The van der Waals surface area contributed by atoms with E-state index in [1.54, 1.807) is 10.7 Å². The molecule has 17 heavy (non-hydrogen) atoms. The van der Waals surface area contributed by atoms with E-state index in [0.717, 1.165) is 0 Å². The minimum atomic E-state index is -0.480. The average Bonchev–Trinajstić information content (AvgIpc) is 2.63. The molecule has 1 N–H and O–H groups in total. The predicted octanol–water partition coefficient (Wildman–Crippen LogP) is 2.13. The van der Waals surface area contributed by atoms with Crippen molar-refractivity contribution in [1.82, 2.24) is 9.78 Å². The van der Waals surface area contributed by atoms with Gasteiger partial charge in [-0.1, -0.05) is 0 Å². The van der Waals surface area contributed by atoms with E-state index in [2.05, 4.69) is 21.0 Å². The Labute approximate surface area is 105 Å². The van der Waals surface area contributed by atoms with Crippen LogP contribution in [0.1, 0.15) is 16.8 Å². The van der Waals surface area contributed by atoms with E-state index in [0.29, 0.717) is 34.8 Å². The number of aryl methyl sites for hydroxylation is 1. The quantitative estimate of drug-likeness (QED) is 0.880. The Morgan fingerprint density at radius 1 is 1.53 bits per heavy atom. The minimum Gasteiger partial charge on any atom is -0.396 e. The number of carbonyl (C=O) groups is 1. The molecule has 2 rings (SSSR count). The molecule has 0 unspecified atom stereocenters. The summed E-state index contributed by atoms with van der Waals surface area (Å²) in [5.41, 5.74) is 0.820. The lowest BCUT2D eigenvalue weighted by molar-refractivity contribution is 0.112. The number of hydrogen-bond acceptors (Lipinski definition) is 3. The van der Waals surface area contributed by atoms with E-state index in [-0.39, 0.29) is 12.2 Å². The normalized spacial score (nSPS) is 11.0. The summed E-state index contributed by atoms with van der Waals surface area (Å²) >= 11 is 3.18. The van der Waals surface area contributed by atoms with Gasteiger partial charge in [0.15, 0.2) is 0 Å². The first-order valence-electron chi connectivity index (χ1n) is 5.09. The Kier molecular flexibility index (Phi) is 3.54. The molecule has 0 fully saturated rings. The van der Waals surface area contributed by atoms with Crippen LogP contribution in [0.4, 0.5) is 4.39 Å². The molecule has 0 aliphatic rings. The third kappa shape index (κ3) is 2.23. The van der Waals surface area contributed by atoms with Crippen LogP contribution in [0.3, 0.4) is 0 Å². The largest absolute Gasteiger partial charge is 0.396 e. The van der Waals surface area contributed by atoms with Crippen LogP contribution >= 0.6 is 15.9 Å². The third-order valence-electron chi connectivity index (χ3n) is 2.45. The number of benzene rings is 1. The SMILES string of the molecule is O=Cc1cc(F)c2c(Br)nn(CCCO)c2c1. The van der Waals surface area contributed by atoms with Crippen molar-refractivity contribution in [2.75, 3.05) is 6.61 Å². The highest BCUT2D eigenvalue weighted by molar-refractivity contribution is 9.10. The van der Waals surface area contributed by atoms with Crippen molar-refractivity contribution in [2.24, 2.45) is 0 Å². The molecule has 1 aromatic carbocycles. The molecule has 0 saturated carbocycles. The summed E-state index contributed by atoms with van der Waals surface area (Å²) in [4.78, 5) is 10.7. The van der Waals surface area contributed by atoms with Crippen molar-refractivity contribution in [1.29, 1.82) is 0 Å². The van der Waals surface area contributed by atoms with Crippen LogP contribution in [0, 0.1) is 5.82 Å². The Morgan fingerprint density at radius 2 is 2.29 bits per heavy atom. The molecule has 2 aromatic rings. The molecule has 6 heteroatoms. The molecule has 0 spiro atoms. The van der Waals surface area contributed by atoms with Crippen LogP contribution in [-0.2, 0) is 6.54 Å². The zero-order valence-electron chi connectivity index (χ0n) is 8.86. The van der Waals surface area contributed by atoms with Gasteiger partial charge in [-0.2, -0.15) is 5.10 Å². The van der Waals surface area contributed by atoms with Gasteiger partial charge >= 0.3 is 0 Å². The Bertz CT molecular complexity index is 568. The molecular formula is C11H10BrFN2O2. The highest BCUT2D eigenvalue weighted by Gasteiger charge is 2.14. The lowest BCUT2D eigenvalue weighted by Crippen LogP contribution is -2.02. The van der Waals surface area contributed by atoms with Crippen molar-refractivity contribution >= 4 is 33.1 Å². The molecule has 1 heterocycles. The fourth-order valence-electron chi connectivity index (χ4n) is 1.69. The maximum absolute atomic E-state index is 13.7. The topological polar surface area (TPSA) is 55.1 Å². The van der Waals surface area contributed by atoms with Gasteiger partial charge in [0.2, 0.25) is 0 Å². The second-order valence-electron chi connectivity index (χ2n) is 3.61. The summed E-state index contributed by atoms with van der Waals surface area (Å²) in [5, 5.41) is 13.3. The van der Waals surface area contributed by atoms with E-state index < -0.39 is 5.82 Å². The van der Waals surface area contributed by atoms with Crippen LogP contribution in [0.2, 0.25) is 0 Å². The van der Waals surface area contributed by atoms with Crippen molar-refractivity contribution in [3.8, 4) is 0 Å². The minimum absolute atomic E-state index is 0.0365. The molecule has 0 aliphatic carbocycles. The number of carbonyl (C=O) groups excluding carboxylic acids is 1. The second-order valence-corrected chi connectivity index (χ2v) is 4.36. The van der Waals surface area contributed by atoms with Gasteiger partial charge in [-0.3, -0.25) is 9.48 Å². The van der Waals surface area contributed by atoms with Crippen LogP contribution in [-0.4, -0.2) is 27.8 Å². The highest BCUT2D eigenvalue weighted by atomic mass is 79.9. The molecule has 90 valence electrons. The summed E-state index contributed by atoms with van der Waals surface area (Å²) in [6.07, 6.45) is 1.12. The van der Waals surface area contributed by atoms with E-state index in [4.69, 9.17) is 5.11 Å². The first-order chi connectivity index (χ1) is 8.17. The number of aliphatic hydroxyl groups excluding tert-OH is 1. The molecule has 1 aromatic heterocycles. The van der Waals surface area contributed by atoms with Crippen LogP contribution in [0.5, 0.6) is 0 Å². The van der Waals surface area contributed by atoms with Gasteiger partial charge in [0, 0.05) is 18.7 Å². The number of aldehydes is 1. The zero-order valence-corrected chi connectivity index (χ0v) is 10.4. The standard InChI is InChI=1S/C11H10BrFN2O2/c12-11-10-8(13)4-7(6-17)5-9(10)15(14-11)2-1-3-16/h4-6,16H,1-3H2. The van der Waals surface area contributed by atoms with Gasteiger partial charge in [0.25, 0.3) is 0 Å². The average molecular weight is 301 g/mol. The predicted molar refractivity (Wildman–Crippen MR) is 64.5 cm³/mol. The Morgan fingerprint density at radius 3 is 2.94 bits per heavy atom. The molecule has 0 bridgehead atoms. The molecule has 4 nitrogen and oxygen atoms in total. The van der Waals surface area contributed by atoms with Crippen molar-refractivity contribution in [3.63, 3.8) is 0 Å². The van der Waals surface area contributed by atoms with Gasteiger partial charge in [-0.25, -0.2) is 4.39 Å². The van der Waals surface area contributed by atoms with E-state index in [9.17, 15) is 9.18 Å². The maximum atomic E-state index is 13.7. The highest BCUT2D eigenvalue weighted by Crippen LogP contribution is 2.27. The first kappa shape index (κ1) is 12.2. The molecule has 0 radical (unpaired) electrons. The third-order valence-corrected chi connectivity index (χ3v) is 3.00. The summed E-state index contributed by atoms with van der Waals surface area (Å²) in [7, 11) is 0. The van der Waals surface area contributed by atoms with Gasteiger partial charge in [0.1, 0.15) is 16.7 Å². The van der Waals surface area contributed by atoms with Gasteiger partial charge in [-0.05, 0) is 34.5 Å². The molecule has 0 aliphatic heterocycles. The number of fused-ring (bicyclic) bond motifs is 1. The monoisotopic (exact) mass is 300 g/mol. The smallest absolute Gasteiger partial charge is 0.150 e. The van der Waals surface area contributed by atoms with Crippen LogP contribution < -0.4 is 0 Å². The number of aliphatic hydroxyl groups is 1. The second kappa shape index (κ2) is 4.93. The van der Waals surface area contributed by atoms with Crippen LogP contribution in [0.25, 0.3) is 10.9 Å². The summed E-state index contributed by atoms with van der Waals surface area (Å²) in [5.74, 6) is -0.480. The van der Waals surface area contributed by atoms with Gasteiger partial charge < -0.3 is 5.11 Å². The number of aromatic nitrogens is 2. The molecule has 0 saturated heterocycles. The van der Waals surface area contributed by atoms with Crippen molar-refractivity contribution in [3.05, 3.63) is 28.1 Å². The molecule has 0 atom stereocenters. The number of nitrogens with zero attached hydrogens (tertiary/aromatic N) is 2. The maximum Gasteiger partial charge on any atom is 0.150 e. The Balaban J connectivity index is 2.61. The number of rotatable bonds is 4. The van der Waals surface area contributed by atoms with Gasteiger partial charge in [-0.15, -0.1) is 0 Å². The molecule has 0 amide bonds. The van der Waals surface area contributed by atoms with Gasteiger partial charge in [0.05, 0.1) is 10.9 Å². The van der Waals surface area contributed by atoms with Crippen LogP contribution in [0.15, 0.2) is 16.7 Å². The van der Waals surface area contributed by atoms with Crippen molar-refractivity contribution < 1.29 is 14.3 Å². The fraction of sp³-hybridized carbons (Fsp3) is 0.273. The summed E-state index contributed by atoms with van der Waals surface area (Å²) < 4.78 is 15.7. The van der Waals surface area contributed by atoms with E-state index >= 15 is 0 Å². The van der Waals surface area contributed by atoms with Crippen molar-refractivity contribution in [2.45, 2.75) is 13.0 Å². The fourth-order valence-corrected chi connectivity index (χ4v) is 2.27. The zero-order chi connectivity index (χ0) is 12.4. The van der Waals surface area contributed by atoms with E-state index in [1.165, 1.54) is 6.07 Å².